The second-order valence-electron chi connectivity index (χ2n) is 5.45. The van der Waals surface area contributed by atoms with Crippen LogP contribution in [-0.2, 0) is 4.74 Å². The van der Waals surface area contributed by atoms with Gasteiger partial charge in [0.2, 0.25) is 0 Å². The molecule has 0 saturated carbocycles. The van der Waals surface area contributed by atoms with Crippen molar-refractivity contribution in [1.82, 2.24) is 4.57 Å². The summed E-state index contributed by atoms with van der Waals surface area (Å²) in [6.07, 6.45) is -0.661. The van der Waals surface area contributed by atoms with Crippen molar-refractivity contribution in [2.45, 2.75) is 26.4 Å². The van der Waals surface area contributed by atoms with Crippen molar-refractivity contribution in [2.24, 2.45) is 0 Å². The van der Waals surface area contributed by atoms with Crippen LogP contribution in [0.2, 0.25) is 0 Å². The Bertz CT molecular complexity index is 677. The van der Waals surface area contributed by atoms with Gasteiger partial charge >= 0.3 is 13.4 Å². The highest BCUT2D eigenvalue weighted by Gasteiger charge is 2.25. The van der Waals surface area contributed by atoms with Gasteiger partial charge in [-0.25, -0.2) is 9.36 Å². The summed E-state index contributed by atoms with van der Waals surface area (Å²) in [4.78, 5) is 12.3. The van der Waals surface area contributed by atoms with Gasteiger partial charge in [0.1, 0.15) is 5.60 Å². The third-order valence-electron chi connectivity index (χ3n) is 2.53. The van der Waals surface area contributed by atoms with Crippen LogP contribution in [0.3, 0.4) is 0 Å². The van der Waals surface area contributed by atoms with Crippen LogP contribution in [-0.4, -0.2) is 33.6 Å². The highest BCUT2D eigenvalue weighted by Crippen LogP contribution is 2.29. The van der Waals surface area contributed by atoms with Gasteiger partial charge < -0.3 is 19.4 Å². The number of benzene rings is 1. The second-order valence-corrected chi connectivity index (χ2v) is 6.36. The van der Waals surface area contributed by atoms with Crippen LogP contribution in [0.4, 0.5) is 4.79 Å². The first-order valence-corrected chi connectivity index (χ1v) is 7.04. The summed E-state index contributed by atoms with van der Waals surface area (Å²) in [6.45, 7) is 5.23. The molecule has 0 spiro atoms. The van der Waals surface area contributed by atoms with Crippen molar-refractivity contribution in [1.29, 1.82) is 0 Å². The topological polar surface area (TPSA) is 80.9 Å². The molecule has 1 aromatic carbocycles. The van der Waals surface area contributed by atoms with Crippen molar-refractivity contribution >= 4 is 40.2 Å². The number of carbonyl (C=O) groups excluding carboxylic acids is 1. The van der Waals surface area contributed by atoms with Crippen LogP contribution in [0.15, 0.2) is 28.7 Å². The summed E-state index contributed by atoms with van der Waals surface area (Å²) in [5, 5.41) is 18.7. The minimum atomic E-state index is -2.03. The summed E-state index contributed by atoms with van der Waals surface area (Å²) in [7, 11) is -2.03. The summed E-state index contributed by atoms with van der Waals surface area (Å²) in [5.41, 5.74) is -0.149. The maximum absolute atomic E-state index is 12.3. The Morgan fingerprint density at radius 1 is 1.29 bits per heavy atom. The molecule has 1 heterocycles. The Morgan fingerprint density at radius 3 is 2.52 bits per heavy atom. The van der Waals surface area contributed by atoms with Gasteiger partial charge in [-0.05, 0) is 32.9 Å². The molecule has 112 valence electrons. The maximum atomic E-state index is 12.3. The van der Waals surface area contributed by atoms with Crippen LogP contribution in [0, 0.1) is 0 Å². The number of aromatic nitrogens is 1. The quantitative estimate of drug-likeness (QED) is 0.809. The minimum absolute atomic E-state index is 0.00708. The molecule has 2 aromatic rings. The first-order valence-electron chi connectivity index (χ1n) is 6.24. The number of rotatable bonds is 2. The van der Waals surface area contributed by atoms with E-state index in [-0.39, 0.29) is 5.88 Å². The zero-order valence-corrected chi connectivity index (χ0v) is 13.4. The molecule has 0 bridgehead atoms. The van der Waals surface area contributed by atoms with E-state index in [9.17, 15) is 4.79 Å². The van der Waals surface area contributed by atoms with Crippen LogP contribution in [0.25, 0.3) is 10.9 Å². The van der Waals surface area contributed by atoms with E-state index in [0.717, 1.165) is 9.04 Å². The minimum Gasteiger partial charge on any atom is -0.498 e. The average molecular weight is 356 g/mol. The van der Waals surface area contributed by atoms with E-state index in [4.69, 9.17) is 19.4 Å². The lowest BCUT2D eigenvalue weighted by atomic mass is 10.2. The van der Waals surface area contributed by atoms with Crippen LogP contribution < -0.4 is 4.65 Å². The van der Waals surface area contributed by atoms with E-state index < -0.39 is 19.0 Å². The molecule has 0 saturated heterocycles. The molecular formula is C13H15BBrNO5. The van der Waals surface area contributed by atoms with Gasteiger partial charge in [0.05, 0.1) is 5.52 Å². The molecule has 6 nitrogen and oxygen atoms in total. The zero-order valence-electron chi connectivity index (χ0n) is 11.8. The molecule has 0 aliphatic heterocycles. The highest BCUT2D eigenvalue weighted by molar-refractivity contribution is 9.10. The Morgan fingerprint density at radius 2 is 1.95 bits per heavy atom. The van der Waals surface area contributed by atoms with Crippen molar-refractivity contribution in [3.8, 4) is 5.88 Å². The lowest BCUT2D eigenvalue weighted by molar-refractivity contribution is 0.0535. The number of carbonyl (C=O) groups is 1. The van der Waals surface area contributed by atoms with Gasteiger partial charge in [0.25, 0.3) is 0 Å². The fourth-order valence-corrected chi connectivity index (χ4v) is 2.19. The van der Waals surface area contributed by atoms with Crippen molar-refractivity contribution in [2.75, 3.05) is 0 Å². The predicted molar refractivity (Wildman–Crippen MR) is 82.1 cm³/mol. The maximum Gasteiger partial charge on any atom is 0.708 e. The smallest absolute Gasteiger partial charge is 0.498 e. The fourth-order valence-electron chi connectivity index (χ4n) is 1.84. The number of halogens is 1. The van der Waals surface area contributed by atoms with Crippen LogP contribution >= 0.6 is 15.9 Å². The van der Waals surface area contributed by atoms with Crippen molar-refractivity contribution < 1.29 is 24.2 Å². The average Bonchev–Trinajstić information content (AvgIpc) is 2.62. The normalized spacial score (nSPS) is 11.5. The van der Waals surface area contributed by atoms with Crippen molar-refractivity contribution in [3.05, 3.63) is 28.7 Å². The van der Waals surface area contributed by atoms with E-state index >= 15 is 0 Å². The summed E-state index contributed by atoms with van der Waals surface area (Å²) in [6, 6.07) is 6.83. The first kappa shape index (κ1) is 15.9. The molecule has 0 amide bonds. The monoisotopic (exact) mass is 355 g/mol. The third-order valence-corrected chi connectivity index (χ3v) is 3.03. The van der Waals surface area contributed by atoms with Gasteiger partial charge in [-0.1, -0.05) is 22.0 Å². The van der Waals surface area contributed by atoms with Crippen molar-refractivity contribution in [3.63, 3.8) is 0 Å². The number of hydrogen-bond acceptors (Lipinski definition) is 5. The Labute approximate surface area is 130 Å². The molecule has 21 heavy (non-hydrogen) atoms. The van der Waals surface area contributed by atoms with E-state index in [1.165, 1.54) is 6.07 Å². The SMILES string of the molecule is CC(C)(C)OC(=O)n1c(OB(O)O)cc2ccc(Br)cc21. The van der Waals surface area contributed by atoms with E-state index in [1.807, 2.05) is 0 Å². The molecule has 0 aliphatic carbocycles. The highest BCUT2D eigenvalue weighted by atomic mass is 79.9. The standard InChI is InChI=1S/C13H15BBrNO5/c1-13(2,3)20-12(17)16-10-7-9(15)5-4-8(10)6-11(16)21-14(18)19/h4-7,18-19H,1-3H3. The first-order chi connectivity index (χ1) is 9.67. The Balaban J connectivity index is 2.56. The Kier molecular flexibility index (Phi) is 4.31. The van der Waals surface area contributed by atoms with Gasteiger partial charge in [0, 0.05) is 15.9 Å². The lowest BCUT2D eigenvalue weighted by Crippen LogP contribution is -2.29. The molecule has 0 atom stereocenters. The van der Waals surface area contributed by atoms with E-state index in [1.54, 1.807) is 39.0 Å². The largest absolute Gasteiger partial charge is 0.708 e. The van der Waals surface area contributed by atoms with Gasteiger partial charge in [0.15, 0.2) is 5.88 Å². The van der Waals surface area contributed by atoms with Crippen LogP contribution in [0.1, 0.15) is 20.8 Å². The summed E-state index contributed by atoms with van der Waals surface area (Å²) < 4.78 is 12.1. The zero-order chi connectivity index (χ0) is 15.8. The number of nitrogens with zero attached hydrogens (tertiary/aromatic N) is 1. The van der Waals surface area contributed by atoms with E-state index in [0.29, 0.717) is 10.9 Å². The molecule has 0 aliphatic rings. The summed E-state index contributed by atoms with van der Waals surface area (Å²) in [5.74, 6) is -0.00708. The van der Waals surface area contributed by atoms with Gasteiger partial charge in [-0.2, -0.15) is 0 Å². The number of hydrogen-bond donors (Lipinski definition) is 2. The van der Waals surface area contributed by atoms with Crippen LogP contribution in [0.5, 0.6) is 5.88 Å². The fraction of sp³-hybridized carbons (Fsp3) is 0.308. The van der Waals surface area contributed by atoms with E-state index in [2.05, 4.69) is 15.9 Å². The molecule has 0 unspecified atom stereocenters. The molecule has 0 radical (unpaired) electrons. The third kappa shape index (κ3) is 3.78. The predicted octanol–water partition coefficient (Wildman–Crippen LogP) is 2.54. The molecule has 0 fully saturated rings. The molecular weight excluding hydrogens is 341 g/mol. The lowest BCUT2D eigenvalue weighted by Gasteiger charge is -2.20. The number of ether oxygens (including phenoxy) is 1. The van der Waals surface area contributed by atoms with Gasteiger partial charge in [-0.3, -0.25) is 0 Å². The van der Waals surface area contributed by atoms with Gasteiger partial charge in [-0.15, -0.1) is 0 Å². The second kappa shape index (κ2) is 5.71. The molecule has 8 heteroatoms. The number of fused-ring (bicyclic) bond motifs is 1. The Hall–Kier alpha value is -1.51. The molecule has 2 rings (SSSR count). The summed E-state index contributed by atoms with van der Waals surface area (Å²) >= 11 is 3.33. The molecule has 1 aromatic heterocycles. The molecule has 2 N–H and O–H groups in total.